The van der Waals surface area contributed by atoms with E-state index >= 15 is 0 Å². The molecule has 7 nitrogen and oxygen atoms in total. The van der Waals surface area contributed by atoms with Gasteiger partial charge < -0.3 is 10.2 Å². The third kappa shape index (κ3) is 6.65. The molecule has 8 heteroatoms. The van der Waals surface area contributed by atoms with Gasteiger partial charge in [0.15, 0.2) is 0 Å². The van der Waals surface area contributed by atoms with Gasteiger partial charge in [-0.25, -0.2) is 8.42 Å². The molecule has 0 radical (unpaired) electrons. The van der Waals surface area contributed by atoms with Crippen molar-refractivity contribution < 1.29 is 18.0 Å². The molecule has 0 bridgehead atoms. The van der Waals surface area contributed by atoms with E-state index in [4.69, 9.17) is 0 Å². The number of likely N-dealkylation sites (tertiary alicyclic amines) is 1. The van der Waals surface area contributed by atoms with E-state index in [2.05, 4.69) is 5.32 Å². The summed E-state index contributed by atoms with van der Waals surface area (Å²) in [6, 6.07) is 9.34. The number of carbonyl (C=O) groups excluding carboxylic acids is 2. The average Bonchev–Trinajstić information content (AvgIpc) is 2.81. The summed E-state index contributed by atoms with van der Waals surface area (Å²) in [5.41, 5.74) is 0.838. The van der Waals surface area contributed by atoms with Crippen molar-refractivity contribution >= 4 is 27.9 Å². The minimum absolute atomic E-state index is 0.0414. The molecule has 2 aliphatic rings. The maximum absolute atomic E-state index is 13.1. The summed E-state index contributed by atoms with van der Waals surface area (Å²) in [6.07, 6.45) is 4.64. The first kappa shape index (κ1) is 24.5. The van der Waals surface area contributed by atoms with Crippen LogP contribution in [0.1, 0.15) is 45.1 Å². The van der Waals surface area contributed by atoms with E-state index in [0.29, 0.717) is 39.0 Å². The monoisotopic (exact) mass is 461 g/mol. The number of piperidine rings is 2. The van der Waals surface area contributed by atoms with E-state index in [1.54, 1.807) is 6.08 Å². The van der Waals surface area contributed by atoms with Crippen LogP contribution in [0.2, 0.25) is 0 Å². The van der Waals surface area contributed by atoms with Gasteiger partial charge in [-0.3, -0.25) is 9.59 Å². The topological polar surface area (TPSA) is 86.8 Å². The molecule has 0 saturated carbocycles. The molecule has 1 aromatic carbocycles. The Bertz CT molecular complexity index is 906. The van der Waals surface area contributed by atoms with Crippen LogP contribution in [0, 0.1) is 17.8 Å². The lowest BCUT2D eigenvalue weighted by Gasteiger charge is -2.37. The highest BCUT2D eigenvalue weighted by molar-refractivity contribution is 7.92. The molecule has 1 aromatic rings. The third-order valence-electron chi connectivity index (χ3n) is 6.32. The molecule has 176 valence electrons. The zero-order chi connectivity index (χ0) is 23.1. The van der Waals surface area contributed by atoms with Gasteiger partial charge in [-0.15, -0.1) is 0 Å². The van der Waals surface area contributed by atoms with Crippen molar-refractivity contribution in [2.24, 2.45) is 17.8 Å². The van der Waals surface area contributed by atoms with Crippen LogP contribution < -0.4 is 5.32 Å². The molecule has 1 unspecified atom stereocenters. The Morgan fingerprint density at radius 2 is 1.78 bits per heavy atom. The number of nitrogens with zero attached hydrogens (tertiary/aromatic N) is 2. The van der Waals surface area contributed by atoms with E-state index in [1.165, 1.54) is 9.71 Å². The van der Waals surface area contributed by atoms with Crippen LogP contribution in [0.25, 0.3) is 6.08 Å². The Kier molecular flexibility index (Phi) is 8.48. The number of hydrogen-bond acceptors (Lipinski definition) is 4. The van der Waals surface area contributed by atoms with Crippen molar-refractivity contribution in [3.63, 3.8) is 0 Å². The molecule has 2 saturated heterocycles. The fraction of sp³-hybridized carbons (Fsp3) is 0.583. The molecule has 2 aliphatic heterocycles. The zero-order valence-corrected chi connectivity index (χ0v) is 19.9. The molecule has 1 atom stereocenters. The third-order valence-corrected chi connectivity index (χ3v) is 7.88. The van der Waals surface area contributed by atoms with Gasteiger partial charge in [0, 0.05) is 50.0 Å². The summed E-state index contributed by atoms with van der Waals surface area (Å²) in [5.74, 6) is 0.271. The first-order valence-electron chi connectivity index (χ1n) is 11.6. The SMILES string of the molecule is CC(C)C(=O)NCC1CCCN(C(=O)C2CCN(S(=O)(=O)C=Cc3ccccc3)CC2)C1. The predicted octanol–water partition coefficient (Wildman–Crippen LogP) is 2.71. The predicted molar refractivity (Wildman–Crippen MR) is 126 cm³/mol. The van der Waals surface area contributed by atoms with Gasteiger partial charge in [0.05, 0.1) is 0 Å². The highest BCUT2D eigenvalue weighted by atomic mass is 32.2. The number of amides is 2. The Balaban J connectivity index is 1.49. The average molecular weight is 462 g/mol. The highest BCUT2D eigenvalue weighted by Crippen LogP contribution is 2.25. The number of nitrogens with one attached hydrogen (secondary N) is 1. The first-order chi connectivity index (χ1) is 15.3. The molecule has 0 aromatic heterocycles. The Hall–Kier alpha value is -2.19. The van der Waals surface area contributed by atoms with Crippen LogP contribution >= 0.6 is 0 Å². The second-order valence-corrected chi connectivity index (χ2v) is 10.9. The second-order valence-electron chi connectivity index (χ2n) is 9.12. The molecule has 1 N–H and O–H groups in total. The number of sulfonamides is 1. The second kappa shape index (κ2) is 11.1. The van der Waals surface area contributed by atoms with E-state index < -0.39 is 10.0 Å². The van der Waals surface area contributed by atoms with Crippen LogP contribution in [-0.2, 0) is 19.6 Å². The van der Waals surface area contributed by atoms with Crippen LogP contribution in [-0.4, -0.2) is 62.2 Å². The Morgan fingerprint density at radius 1 is 1.09 bits per heavy atom. The van der Waals surface area contributed by atoms with E-state index in [0.717, 1.165) is 24.9 Å². The van der Waals surface area contributed by atoms with Gasteiger partial charge in [0.1, 0.15) is 0 Å². The molecule has 0 aliphatic carbocycles. The van der Waals surface area contributed by atoms with Gasteiger partial charge in [-0.1, -0.05) is 44.2 Å². The van der Waals surface area contributed by atoms with Crippen molar-refractivity contribution in [1.82, 2.24) is 14.5 Å². The number of benzene rings is 1. The lowest BCUT2D eigenvalue weighted by Crippen LogP contribution is -2.48. The van der Waals surface area contributed by atoms with Gasteiger partial charge in [-0.05, 0) is 43.2 Å². The van der Waals surface area contributed by atoms with Crippen molar-refractivity contribution in [1.29, 1.82) is 0 Å². The number of rotatable bonds is 7. The Morgan fingerprint density at radius 3 is 2.44 bits per heavy atom. The van der Waals surface area contributed by atoms with Crippen molar-refractivity contribution in [3.05, 3.63) is 41.3 Å². The van der Waals surface area contributed by atoms with Gasteiger partial charge in [0.25, 0.3) is 0 Å². The minimum atomic E-state index is -3.50. The molecule has 32 heavy (non-hydrogen) atoms. The van der Waals surface area contributed by atoms with Crippen LogP contribution in [0.4, 0.5) is 0 Å². The van der Waals surface area contributed by atoms with Crippen LogP contribution in [0.5, 0.6) is 0 Å². The van der Waals surface area contributed by atoms with E-state index in [-0.39, 0.29) is 29.6 Å². The molecule has 2 heterocycles. The Labute approximate surface area is 191 Å². The molecular weight excluding hydrogens is 426 g/mol. The summed E-state index contributed by atoms with van der Waals surface area (Å²) in [7, 11) is -3.50. The molecular formula is C24H35N3O4S. The zero-order valence-electron chi connectivity index (χ0n) is 19.1. The molecule has 0 spiro atoms. The number of hydrogen-bond donors (Lipinski definition) is 1. The number of carbonyl (C=O) groups is 2. The maximum Gasteiger partial charge on any atom is 0.236 e. The smallest absolute Gasteiger partial charge is 0.236 e. The normalized spacial score (nSPS) is 21.2. The lowest BCUT2D eigenvalue weighted by molar-refractivity contribution is -0.138. The summed E-state index contributed by atoms with van der Waals surface area (Å²) in [5, 5.41) is 4.24. The van der Waals surface area contributed by atoms with Crippen molar-refractivity contribution in [2.75, 3.05) is 32.7 Å². The first-order valence-corrected chi connectivity index (χ1v) is 13.1. The fourth-order valence-corrected chi connectivity index (χ4v) is 5.53. The summed E-state index contributed by atoms with van der Waals surface area (Å²) in [6.45, 7) is 6.47. The van der Waals surface area contributed by atoms with Gasteiger partial charge in [0.2, 0.25) is 21.8 Å². The van der Waals surface area contributed by atoms with Gasteiger partial charge >= 0.3 is 0 Å². The van der Waals surface area contributed by atoms with Gasteiger partial charge in [-0.2, -0.15) is 4.31 Å². The van der Waals surface area contributed by atoms with E-state index in [9.17, 15) is 18.0 Å². The van der Waals surface area contributed by atoms with Crippen LogP contribution in [0.3, 0.4) is 0 Å². The standard InChI is InChI=1S/C24H35N3O4S/c1-19(2)23(28)25-17-21-9-6-13-26(18-21)24(29)22-10-14-27(15-11-22)32(30,31)16-12-20-7-4-3-5-8-20/h3-5,7-8,12,16,19,21-22H,6,9-11,13-15,17-18H2,1-2H3,(H,25,28). The fourth-order valence-electron chi connectivity index (χ4n) is 4.31. The quantitative estimate of drug-likeness (QED) is 0.676. The lowest BCUT2D eigenvalue weighted by atomic mass is 9.92. The minimum Gasteiger partial charge on any atom is -0.356 e. The summed E-state index contributed by atoms with van der Waals surface area (Å²) < 4.78 is 26.8. The molecule has 3 rings (SSSR count). The maximum atomic E-state index is 13.1. The summed E-state index contributed by atoms with van der Waals surface area (Å²) in [4.78, 5) is 26.8. The van der Waals surface area contributed by atoms with Crippen molar-refractivity contribution in [3.8, 4) is 0 Å². The molecule has 2 fully saturated rings. The van der Waals surface area contributed by atoms with Crippen LogP contribution in [0.15, 0.2) is 35.7 Å². The highest BCUT2D eigenvalue weighted by Gasteiger charge is 2.34. The van der Waals surface area contributed by atoms with Crippen molar-refractivity contribution in [2.45, 2.75) is 39.5 Å². The largest absolute Gasteiger partial charge is 0.356 e. The summed E-state index contributed by atoms with van der Waals surface area (Å²) >= 11 is 0. The van der Waals surface area contributed by atoms with E-state index in [1.807, 2.05) is 49.1 Å². The molecule has 2 amide bonds.